The van der Waals surface area contributed by atoms with Crippen LogP contribution in [0.1, 0.15) is 48.5 Å². The summed E-state index contributed by atoms with van der Waals surface area (Å²) in [5, 5.41) is 14.8. The first-order valence-electron chi connectivity index (χ1n) is 7.78. The molecule has 1 aromatic heterocycles. The summed E-state index contributed by atoms with van der Waals surface area (Å²) in [7, 11) is 0. The Hall–Kier alpha value is -2.40. The Labute approximate surface area is 151 Å². The van der Waals surface area contributed by atoms with E-state index in [9.17, 15) is 19.6 Å². The molecule has 7 nitrogen and oxygen atoms in total. The number of hydrogen-bond acceptors (Lipinski definition) is 6. The average molecular weight is 365 g/mol. The third-order valence-corrected chi connectivity index (χ3v) is 5.12. The smallest absolute Gasteiger partial charge is 0.341 e. The molecular weight excluding hydrogens is 342 g/mol. The van der Waals surface area contributed by atoms with Gasteiger partial charge in [0.1, 0.15) is 10.5 Å². The van der Waals surface area contributed by atoms with E-state index in [1.54, 1.807) is 13.8 Å². The van der Waals surface area contributed by atoms with Gasteiger partial charge in [0, 0.05) is 11.8 Å². The van der Waals surface area contributed by atoms with E-state index < -0.39 is 24.0 Å². The first-order valence-corrected chi connectivity index (χ1v) is 8.60. The van der Waals surface area contributed by atoms with Gasteiger partial charge >= 0.3 is 5.97 Å². The molecule has 1 rings (SSSR count). The zero-order valence-electron chi connectivity index (χ0n) is 15.3. The van der Waals surface area contributed by atoms with E-state index in [-0.39, 0.29) is 17.4 Å². The Morgan fingerprint density at radius 1 is 1.32 bits per heavy atom. The lowest BCUT2D eigenvalue weighted by atomic mass is 9.90. The number of esters is 1. The number of nitrogens with zero attached hydrogens (tertiary/aromatic N) is 1. The monoisotopic (exact) mass is 365 g/mol. The van der Waals surface area contributed by atoms with Gasteiger partial charge in [-0.15, -0.1) is 11.3 Å². The summed E-state index contributed by atoms with van der Waals surface area (Å²) in [4.78, 5) is 36.5. The highest BCUT2D eigenvalue weighted by atomic mass is 32.1. The minimum Gasteiger partial charge on any atom is -0.452 e. The summed E-state index contributed by atoms with van der Waals surface area (Å²) in [6.07, 6.45) is 0. The Kier molecular flexibility index (Phi) is 6.70. The van der Waals surface area contributed by atoms with E-state index in [2.05, 4.69) is 16.7 Å². The number of anilines is 1. The van der Waals surface area contributed by atoms with E-state index in [1.807, 2.05) is 20.8 Å². The van der Waals surface area contributed by atoms with Crippen molar-refractivity contribution in [2.45, 2.75) is 47.1 Å². The summed E-state index contributed by atoms with van der Waals surface area (Å²) in [5.41, 5.74) is -0.0969. The number of carbonyl (C=O) groups excluding carboxylic acids is 3. The van der Waals surface area contributed by atoms with Gasteiger partial charge in [-0.3, -0.25) is 9.59 Å². The summed E-state index contributed by atoms with van der Waals surface area (Å²) in [6, 6.07) is 2.05. The molecule has 0 aromatic carbocycles. The maximum absolute atomic E-state index is 12.3. The minimum absolute atomic E-state index is 0.106. The van der Waals surface area contributed by atoms with Gasteiger partial charge in [-0.1, -0.05) is 13.8 Å². The summed E-state index contributed by atoms with van der Waals surface area (Å²) < 4.78 is 5.07. The first kappa shape index (κ1) is 20.6. The number of nitrogens with one attached hydrogen (secondary N) is 2. The van der Waals surface area contributed by atoms with Gasteiger partial charge in [0.15, 0.2) is 6.61 Å². The fourth-order valence-corrected chi connectivity index (χ4v) is 3.05. The molecule has 2 amide bonds. The van der Waals surface area contributed by atoms with Crippen LogP contribution in [0.2, 0.25) is 0 Å². The van der Waals surface area contributed by atoms with Crippen molar-refractivity contribution in [3.05, 3.63) is 16.0 Å². The third kappa shape index (κ3) is 5.03. The van der Waals surface area contributed by atoms with Crippen molar-refractivity contribution in [1.82, 2.24) is 5.32 Å². The van der Waals surface area contributed by atoms with E-state index >= 15 is 0 Å². The quantitative estimate of drug-likeness (QED) is 0.753. The predicted octanol–water partition coefficient (Wildman–Crippen LogP) is 2.53. The molecule has 1 aromatic rings. The highest BCUT2D eigenvalue weighted by Gasteiger charge is 2.30. The van der Waals surface area contributed by atoms with Crippen LogP contribution < -0.4 is 10.6 Å². The van der Waals surface area contributed by atoms with Crippen molar-refractivity contribution in [1.29, 1.82) is 5.26 Å². The number of hydrogen-bond donors (Lipinski definition) is 2. The molecule has 0 fully saturated rings. The Morgan fingerprint density at radius 2 is 1.92 bits per heavy atom. The molecule has 1 atom stereocenters. The second kappa shape index (κ2) is 8.12. The van der Waals surface area contributed by atoms with Crippen molar-refractivity contribution in [2.24, 2.45) is 5.92 Å². The number of carbonyl (C=O) groups is 3. The van der Waals surface area contributed by atoms with Crippen LogP contribution in [0.5, 0.6) is 0 Å². The van der Waals surface area contributed by atoms with Crippen LogP contribution in [0.4, 0.5) is 5.00 Å². The van der Waals surface area contributed by atoms with Crippen LogP contribution in [0, 0.1) is 31.1 Å². The van der Waals surface area contributed by atoms with Crippen molar-refractivity contribution in [3.63, 3.8) is 0 Å². The SMILES string of the molecule is CC(=O)Nc1sc(C)c(C)c1C(=O)OCC(=O)NC(C)(C#N)C(C)C. The molecule has 2 N–H and O–H groups in total. The molecule has 0 spiro atoms. The molecule has 0 bridgehead atoms. The van der Waals surface area contributed by atoms with Crippen molar-refractivity contribution in [2.75, 3.05) is 11.9 Å². The van der Waals surface area contributed by atoms with Crippen LogP contribution >= 0.6 is 11.3 Å². The van der Waals surface area contributed by atoms with Crippen molar-refractivity contribution in [3.8, 4) is 6.07 Å². The Morgan fingerprint density at radius 3 is 2.40 bits per heavy atom. The molecule has 136 valence electrons. The molecular formula is C17H23N3O4S. The van der Waals surface area contributed by atoms with Gasteiger partial charge in [-0.25, -0.2) is 4.79 Å². The summed E-state index contributed by atoms with van der Waals surface area (Å²) in [6.45, 7) is 9.66. The van der Waals surface area contributed by atoms with Gasteiger partial charge in [0.2, 0.25) is 5.91 Å². The molecule has 0 aliphatic rings. The second-order valence-electron chi connectivity index (χ2n) is 6.26. The van der Waals surface area contributed by atoms with Crippen LogP contribution in [0.25, 0.3) is 0 Å². The van der Waals surface area contributed by atoms with Gasteiger partial charge in [-0.2, -0.15) is 5.26 Å². The Bertz CT molecular complexity index is 733. The number of thiophene rings is 1. The van der Waals surface area contributed by atoms with Crippen molar-refractivity contribution >= 4 is 34.1 Å². The van der Waals surface area contributed by atoms with Gasteiger partial charge in [0.25, 0.3) is 5.91 Å². The fraction of sp³-hybridized carbons (Fsp3) is 0.529. The summed E-state index contributed by atoms with van der Waals surface area (Å²) in [5.74, 6) is -1.65. The lowest BCUT2D eigenvalue weighted by Crippen LogP contribution is -2.50. The zero-order chi connectivity index (χ0) is 19.4. The maximum atomic E-state index is 12.3. The topological polar surface area (TPSA) is 108 Å². The highest BCUT2D eigenvalue weighted by Crippen LogP contribution is 2.32. The summed E-state index contributed by atoms with van der Waals surface area (Å²) >= 11 is 1.27. The number of aryl methyl sites for hydroxylation is 1. The number of amides is 2. The molecule has 0 radical (unpaired) electrons. The van der Waals surface area contributed by atoms with E-state index in [4.69, 9.17) is 4.74 Å². The van der Waals surface area contributed by atoms with Crippen LogP contribution in [-0.4, -0.2) is 29.9 Å². The first-order chi connectivity index (χ1) is 11.5. The fourth-order valence-electron chi connectivity index (χ4n) is 1.95. The average Bonchev–Trinajstić information content (AvgIpc) is 2.78. The standard InChI is InChI=1S/C17H23N3O4S/c1-9(2)17(6,8-18)20-13(22)7-24-16(23)14-10(3)11(4)25-15(14)19-12(5)21/h9H,7H2,1-6H3,(H,19,21)(H,20,22). The van der Waals surface area contributed by atoms with E-state index in [0.29, 0.717) is 10.6 Å². The lowest BCUT2D eigenvalue weighted by Gasteiger charge is -2.27. The maximum Gasteiger partial charge on any atom is 0.341 e. The number of nitriles is 1. The molecule has 0 aliphatic carbocycles. The second-order valence-corrected chi connectivity index (χ2v) is 7.49. The number of rotatable bonds is 6. The normalized spacial score (nSPS) is 12.9. The van der Waals surface area contributed by atoms with E-state index in [1.165, 1.54) is 18.3 Å². The Balaban J connectivity index is 2.83. The van der Waals surface area contributed by atoms with Crippen LogP contribution in [0.3, 0.4) is 0 Å². The predicted molar refractivity (Wildman–Crippen MR) is 95.4 cm³/mol. The lowest BCUT2D eigenvalue weighted by molar-refractivity contribution is -0.125. The van der Waals surface area contributed by atoms with E-state index in [0.717, 1.165) is 4.88 Å². The number of ether oxygens (including phenoxy) is 1. The molecule has 25 heavy (non-hydrogen) atoms. The molecule has 0 aliphatic heterocycles. The largest absolute Gasteiger partial charge is 0.452 e. The van der Waals surface area contributed by atoms with Crippen LogP contribution in [-0.2, 0) is 14.3 Å². The van der Waals surface area contributed by atoms with Gasteiger partial charge in [-0.05, 0) is 32.3 Å². The highest BCUT2D eigenvalue weighted by molar-refractivity contribution is 7.16. The molecule has 8 heteroatoms. The molecule has 0 saturated carbocycles. The van der Waals surface area contributed by atoms with Gasteiger partial charge < -0.3 is 15.4 Å². The minimum atomic E-state index is -1.04. The molecule has 0 saturated heterocycles. The third-order valence-electron chi connectivity index (χ3n) is 4.00. The van der Waals surface area contributed by atoms with Gasteiger partial charge in [0.05, 0.1) is 11.6 Å². The zero-order valence-corrected chi connectivity index (χ0v) is 16.1. The van der Waals surface area contributed by atoms with Crippen LogP contribution in [0.15, 0.2) is 0 Å². The molecule has 1 heterocycles. The molecule has 1 unspecified atom stereocenters. The van der Waals surface area contributed by atoms with Crippen molar-refractivity contribution < 1.29 is 19.1 Å².